The highest BCUT2D eigenvalue weighted by Gasteiger charge is 2.14. The van der Waals surface area contributed by atoms with Crippen LogP contribution in [-0.2, 0) is 6.54 Å². The summed E-state index contributed by atoms with van der Waals surface area (Å²) in [5.41, 5.74) is 1.95. The van der Waals surface area contributed by atoms with Gasteiger partial charge in [-0.25, -0.2) is 0 Å². The Morgan fingerprint density at radius 1 is 1.25 bits per heavy atom. The van der Waals surface area contributed by atoms with E-state index < -0.39 is 0 Å². The Bertz CT molecular complexity index is 430. The first-order chi connectivity index (χ1) is 9.69. The number of nitrogens with zero attached hydrogens (tertiary/aromatic N) is 1. The van der Waals surface area contributed by atoms with Gasteiger partial charge in [0.05, 0.1) is 0 Å². The van der Waals surface area contributed by atoms with Crippen LogP contribution >= 0.6 is 0 Å². The smallest absolute Gasteiger partial charge is 0.251 e. The maximum atomic E-state index is 11.5. The van der Waals surface area contributed by atoms with E-state index in [0.717, 1.165) is 6.54 Å². The van der Waals surface area contributed by atoms with Crippen molar-refractivity contribution in [3.8, 4) is 0 Å². The summed E-state index contributed by atoms with van der Waals surface area (Å²) in [6.07, 6.45) is 3.73. The fraction of sp³-hybridized carbons (Fsp3) is 0.562. The predicted octanol–water partition coefficient (Wildman–Crippen LogP) is 1.62. The third-order valence-electron chi connectivity index (χ3n) is 3.99. The van der Waals surface area contributed by atoms with Gasteiger partial charge >= 0.3 is 0 Å². The van der Waals surface area contributed by atoms with Gasteiger partial charge < -0.3 is 15.5 Å². The minimum atomic E-state index is -0.0312. The van der Waals surface area contributed by atoms with Crippen LogP contribution in [0.5, 0.6) is 0 Å². The number of hydrogen-bond acceptors (Lipinski definition) is 3. The lowest BCUT2D eigenvalue weighted by Crippen LogP contribution is -2.29. The number of likely N-dealkylation sites (tertiary alicyclic amines) is 1. The Morgan fingerprint density at radius 2 is 2.00 bits per heavy atom. The molecule has 2 N–H and O–H groups in total. The van der Waals surface area contributed by atoms with Gasteiger partial charge in [0.1, 0.15) is 0 Å². The Morgan fingerprint density at radius 3 is 2.70 bits per heavy atom. The third-order valence-corrected chi connectivity index (χ3v) is 3.99. The fourth-order valence-electron chi connectivity index (χ4n) is 2.62. The van der Waals surface area contributed by atoms with Crippen LogP contribution in [0.25, 0.3) is 0 Å². The van der Waals surface area contributed by atoms with Gasteiger partial charge in [-0.05, 0) is 57.1 Å². The second-order valence-corrected chi connectivity index (χ2v) is 5.59. The highest BCUT2D eigenvalue weighted by molar-refractivity contribution is 5.93. The molecule has 1 fully saturated rings. The van der Waals surface area contributed by atoms with Crippen molar-refractivity contribution in [2.75, 3.05) is 27.2 Å². The van der Waals surface area contributed by atoms with Gasteiger partial charge in [0.15, 0.2) is 0 Å². The summed E-state index contributed by atoms with van der Waals surface area (Å²) in [6, 6.07) is 8.44. The van der Waals surface area contributed by atoms with Crippen molar-refractivity contribution in [2.24, 2.45) is 0 Å². The highest BCUT2D eigenvalue weighted by atomic mass is 16.1. The first kappa shape index (κ1) is 15.0. The summed E-state index contributed by atoms with van der Waals surface area (Å²) >= 11 is 0. The molecule has 0 spiro atoms. The molecular weight excluding hydrogens is 250 g/mol. The molecule has 4 heteroatoms. The zero-order chi connectivity index (χ0) is 14.4. The molecule has 0 aliphatic carbocycles. The molecule has 1 heterocycles. The average molecular weight is 275 g/mol. The van der Waals surface area contributed by atoms with Crippen LogP contribution < -0.4 is 10.6 Å². The largest absolute Gasteiger partial charge is 0.355 e. The zero-order valence-corrected chi connectivity index (χ0v) is 12.5. The highest BCUT2D eigenvalue weighted by Crippen LogP contribution is 2.11. The maximum absolute atomic E-state index is 11.5. The number of benzene rings is 1. The van der Waals surface area contributed by atoms with Crippen molar-refractivity contribution in [1.29, 1.82) is 0 Å². The minimum Gasteiger partial charge on any atom is -0.355 e. The summed E-state index contributed by atoms with van der Waals surface area (Å²) in [7, 11) is 3.85. The quantitative estimate of drug-likeness (QED) is 0.877. The van der Waals surface area contributed by atoms with Gasteiger partial charge in [-0.2, -0.15) is 0 Å². The van der Waals surface area contributed by atoms with Crippen molar-refractivity contribution in [1.82, 2.24) is 15.5 Å². The minimum absolute atomic E-state index is 0.0312. The fourth-order valence-corrected chi connectivity index (χ4v) is 2.62. The summed E-state index contributed by atoms with van der Waals surface area (Å²) < 4.78 is 0. The first-order valence-corrected chi connectivity index (χ1v) is 7.42. The Kier molecular flexibility index (Phi) is 5.56. The van der Waals surface area contributed by atoms with E-state index in [2.05, 4.69) is 22.6 Å². The lowest BCUT2D eigenvalue weighted by Gasteiger charge is -2.17. The molecular formula is C16H25N3O. The first-order valence-electron chi connectivity index (χ1n) is 7.42. The second-order valence-electron chi connectivity index (χ2n) is 5.59. The number of amides is 1. The van der Waals surface area contributed by atoms with Crippen molar-refractivity contribution < 1.29 is 4.79 Å². The maximum Gasteiger partial charge on any atom is 0.251 e. The average Bonchev–Trinajstić information content (AvgIpc) is 2.69. The van der Waals surface area contributed by atoms with Gasteiger partial charge in [-0.15, -0.1) is 0 Å². The van der Waals surface area contributed by atoms with Crippen molar-refractivity contribution in [3.05, 3.63) is 35.4 Å². The molecule has 0 aromatic heterocycles. The second kappa shape index (κ2) is 7.41. The Labute approximate surface area is 121 Å². The Balaban J connectivity index is 1.83. The molecule has 1 aliphatic heterocycles. The molecule has 1 aromatic rings. The van der Waals surface area contributed by atoms with Crippen molar-refractivity contribution in [3.63, 3.8) is 0 Å². The topological polar surface area (TPSA) is 44.4 Å². The normalized spacial score (nSPS) is 20.4. The molecule has 0 radical (unpaired) electrons. The molecule has 1 amide bonds. The zero-order valence-electron chi connectivity index (χ0n) is 12.5. The monoisotopic (exact) mass is 275 g/mol. The van der Waals surface area contributed by atoms with E-state index in [1.165, 1.54) is 37.9 Å². The lowest BCUT2D eigenvalue weighted by molar-refractivity contribution is 0.0963. The Hall–Kier alpha value is -1.39. The molecule has 0 saturated carbocycles. The number of hydrogen-bond donors (Lipinski definition) is 2. The van der Waals surface area contributed by atoms with E-state index in [1.54, 1.807) is 7.05 Å². The van der Waals surface area contributed by atoms with E-state index in [9.17, 15) is 4.79 Å². The van der Waals surface area contributed by atoms with Crippen LogP contribution in [0.3, 0.4) is 0 Å². The van der Waals surface area contributed by atoms with Crippen LogP contribution in [0, 0.1) is 0 Å². The van der Waals surface area contributed by atoms with Crippen molar-refractivity contribution in [2.45, 2.75) is 31.8 Å². The molecule has 1 saturated heterocycles. The van der Waals surface area contributed by atoms with E-state index in [4.69, 9.17) is 0 Å². The predicted molar refractivity (Wildman–Crippen MR) is 81.8 cm³/mol. The van der Waals surface area contributed by atoms with Gasteiger partial charge in [0, 0.05) is 25.2 Å². The van der Waals surface area contributed by atoms with E-state index in [-0.39, 0.29) is 5.91 Å². The molecule has 1 unspecified atom stereocenters. The molecule has 1 aromatic carbocycles. The summed E-state index contributed by atoms with van der Waals surface area (Å²) in [6.45, 7) is 3.26. The van der Waals surface area contributed by atoms with E-state index >= 15 is 0 Å². The van der Waals surface area contributed by atoms with Gasteiger partial charge in [0.2, 0.25) is 0 Å². The molecule has 2 rings (SSSR count). The number of carbonyl (C=O) groups excluding carboxylic acids is 1. The number of carbonyl (C=O) groups is 1. The molecule has 1 atom stereocenters. The molecule has 4 nitrogen and oxygen atoms in total. The van der Waals surface area contributed by atoms with Crippen LogP contribution in [0.15, 0.2) is 24.3 Å². The number of nitrogens with one attached hydrogen (secondary N) is 2. The van der Waals surface area contributed by atoms with Gasteiger partial charge in [0.25, 0.3) is 5.91 Å². The van der Waals surface area contributed by atoms with Crippen LogP contribution in [-0.4, -0.2) is 44.0 Å². The van der Waals surface area contributed by atoms with E-state index in [1.807, 2.05) is 24.3 Å². The standard InChI is InChI=1S/C16H25N3O/c1-17-16(20)14-7-5-13(6-8-14)12-18-15-4-3-10-19(2)11-9-15/h5-8,15,18H,3-4,9-12H2,1-2H3,(H,17,20). The van der Waals surface area contributed by atoms with Crippen LogP contribution in [0.1, 0.15) is 35.2 Å². The summed E-state index contributed by atoms with van der Waals surface area (Å²) in [4.78, 5) is 13.9. The summed E-state index contributed by atoms with van der Waals surface area (Å²) in [5.74, 6) is -0.0312. The van der Waals surface area contributed by atoms with E-state index in [0.29, 0.717) is 11.6 Å². The molecule has 1 aliphatic rings. The van der Waals surface area contributed by atoms with Crippen molar-refractivity contribution >= 4 is 5.91 Å². The molecule has 110 valence electrons. The SMILES string of the molecule is CNC(=O)c1ccc(CNC2CCCN(C)CC2)cc1. The molecule has 0 bridgehead atoms. The molecule has 20 heavy (non-hydrogen) atoms. The van der Waals surface area contributed by atoms with Gasteiger partial charge in [-0.3, -0.25) is 4.79 Å². The summed E-state index contributed by atoms with van der Waals surface area (Å²) in [5, 5.41) is 6.27. The van der Waals surface area contributed by atoms with Gasteiger partial charge in [-0.1, -0.05) is 12.1 Å². The third kappa shape index (κ3) is 4.32. The van der Waals surface area contributed by atoms with Crippen LogP contribution in [0.2, 0.25) is 0 Å². The number of rotatable bonds is 4. The van der Waals surface area contributed by atoms with Crippen LogP contribution in [0.4, 0.5) is 0 Å². The lowest BCUT2D eigenvalue weighted by atomic mass is 10.1.